The zero-order valence-corrected chi connectivity index (χ0v) is 11.4. The molecule has 1 aromatic rings. The Kier molecular flexibility index (Phi) is 5.95. The minimum Gasteiger partial charge on any atom is -0.494 e. The van der Waals surface area contributed by atoms with Crippen LogP contribution < -0.4 is 14.8 Å². The highest BCUT2D eigenvalue weighted by molar-refractivity contribution is 5.31. The van der Waals surface area contributed by atoms with Gasteiger partial charge in [-0.2, -0.15) is 0 Å². The van der Waals surface area contributed by atoms with Crippen molar-refractivity contribution in [3.05, 3.63) is 24.3 Å². The van der Waals surface area contributed by atoms with Crippen molar-refractivity contribution in [3.63, 3.8) is 0 Å². The Bertz CT molecular complexity index is 333. The molecule has 0 aliphatic rings. The lowest BCUT2D eigenvalue weighted by Gasteiger charge is -2.26. The normalized spacial score (nSPS) is 14.0. The molecule has 102 valence electrons. The molecule has 0 aliphatic carbocycles. The fourth-order valence-corrected chi connectivity index (χ4v) is 1.29. The minimum atomic E-state index is -0.419. The van der Waals surface area contributed by atoms with Gasteiger partial charge in [0.2, 0.25) is 0 Å². The second-order valence-corrected chi connectivity index (χ2v) is 4.58. The third kappa shape index (κ3) is 4.55. The summed E-state index contributed by atoms with van der Waals surface area (Å²) in [6.07, 6.45) is 0.995. The number of nitrogens with one attached hydrogen (secondary N) is 1. The lowest BCUT2D eigenvalue weighted by molar-refractivity contribution is 0.122. The van der Waals surface area contributed by atoms with Gasteiger partial charge in [-0.15, -0.1) is 0 Å². The van der Waals surface area contributed by atoms with Gasteiger partial charge in [0.1, 0.15) is 18.1 Å². The van der Waals surface area contributed by atoms with Crippen molar-refractivity contribution < 1.29 is 14.6 Å². The van der Waals surface area contributed by atoms with Crippen LogP contribution in [0.2, 0.25) is 0 Å². The lowest BCUT2D eigenvalue weighted by atomic mass is 10.1. The molecule has 0 spiro atoms. The highest BCUT2D eigenvalue weighted by atomic mass is 16.5. The lowest BCUT2D eigenvalue weighted by Crippen LogP contribution is -2.48. The van der Waals surface area contributed by atoms with Gasteiger partial charge in [0.15, 0.2) is 0 Å². The van der Waals surface area contributed by atoms with Gasteiger partial charge < -0.3 is 19.9 Å². The Balaban J connectivity index is 2.48. The molecule has 1 unspecified atom stereocenters. The highest BCUT2D eigenvalue weighted by Crippen LogP contribution is 2.18. The Morgan fingerprint density at radius 2 is 1.72 bits per heavy atom. The third-order valence-electron chi connectivity index (χ3n) is 2.81. The molecule has 0 radical (unpaired) electrons. The summed E-state index contributed by atoms with van der Waals surface area (Å²) in [6.45, 7) is 5.15. The average molecular weight is 253 g/mol. The van der Waals surface area contributed by atoms with Crippen LogP contribution in [0.1, 0.15) is 20.3 Å². The molecule has 0 amide bonds. The van der Waals surface area contributed by atoms with Gasteiger partial charge in [-0.25, -0.2) is 0 Å². The zero-order chi connectivity index (χ0) is 13.4. The maximum absolute atomic E-state index is 9.24. The molecule has 0 bridgehead atoms. The van der Waals surface area contributed by atoms with E-state index in [2.05, 4.69) is 12.2 Å². The number of aliphatic hydroxyl groups excluding tert-OH is 1. The number of hydrogen-bond donors (Lipinski definition) is 2. The first kappa shape index (κ1) is 14.8. The fraction of sp³-hybridized carbons (Fsp3) is 0.571. The first-order valence-corrected chi connectivity index (χ1v) is 6.29. The van der Waals surface area contributed by atoms with E-state index in [9.17, 15) is 5.11 Å². The summed E-state index contributed by atoms with van der Waals surface area (Å²) in [5.41, 5.74) is -0.419. The van der Waals surface area contributed by atoms with Gasteiger partial charge in [-0.05, 0) is 44.7 Å². The van der Waals surface area contributed by atoms with E-state index in [-0.39, 0.29) is 6.61 Å². The van der Waals surface area contributed by atoms with Crippen LogP contribution in [0.3, 0.4) is 0 Å². The van der Waals surface area contributed by atoms with Gasteiger partial charge in [0, 0.05) is 0 Å². The van der Waals surface area contributed by atoms with E-state index in [1.807, 2.05) is 31.2 Å². The highest BCUT2D eigenvalue weighted by Gasteiger charge is 2.21. The summed E-state index contributed by atoms with van der Waals surface area (Å²) >= 11 is 0. The van der Waals surface area contributed by atoms with Crippen LogP contribution in [0, 0.1) is 0 Å². The van der Waals surface area contributed by atoms with Gasteiger partial charge in [-0.1, -0.05) is 6.92 Å². The van der Waals surface area contributed by atoms with E-state index in [4.69, 9.17) is 9.47 Å². The summed E-state index contributed by atoms with van der Waals surface area (Å²) in [5, 5.41) is 12.3. The number of hydrogen-bond acceptors (Lipinski definition) is 4. The molecular formula is C14H23NO3. The van der Waals surface area contributed by atoms with Crippen LogP contribution in [0.4, 0.5) is 0 Å². The van der Waals surface area contributed by atoms with Gasteiger partial charge in [-0.3, -0.25) is 0 Å². The van der Waals surface area contributed by atoms with Crippen molar-refractivity contribution in [2.24, 2.45) is 0 Å². The molecule has 2 N–H and O–H groups in total. The van der Waals surface area contributed by atoms with E-state index >= 15 is 0 Å². The molecule has 0 heterocycles. The van der Waals surface area contributed by atoms with Gasteiger partial charge in [0.05, 0.1) is 18.8 Å². The zero-order valence-electron chi connectivity index (χ0n) is 11.4. The van der Waals surface area contributed by atoms with Crippen molar-refractivity contribution in [3.8, 4) is 11.5 Å². The molecule has 1 aromatic carbocycles. The van der Waals surface area contributed by atoms with Gasteiger partial charge in [0.25, 0.3) is 0 Å². The quantitative estimate of drug-likeness (QED) is 0.742. The predicted molar refractivity (Wildman–Crippen MR) is 72.3 cm³/mol. The molecule has 1 rings (SSSR count). The van der Waals surface area contributed by atoms with Crippen molar-refractivity contribution in [1.82, 2.24) is 5.32 Å². The summed E-state index contributed by atoms with van der Waals surface area (Å²) in [4.78, 5) is 0. The van der Waals surface area contributed by atoms with Crippen molar-refractivity contribution in [1.29, 1.82) is 0 Å². The third-order valence-corrected chi connectivity index (χ3v) is 2.81. The summed E-state index contributed by atoms with van der Waals surface area (Å²) in [7, 11) is 1.81. The Hall–Kier alpha value is -1.26. The Morgan fingerprint density at radius 1 is 1.17 bits per heavy atom. The monoisotopic (exact) mass is 253 g/mol. The second kappa shape index (κ2) is 7.24. The van der Waals surface area contributed by atoms with Gasteiger partial charge >= 0.3 is 0 Å². The number of aliphatic hydroxyl groups is 1. The van der Waals surface area contributed by atoms with Crippen LogP contribution in [-0.4, -0.2) is 37.5 Å². The molecule has 0 saturated heterocycles. The first-order valence-electron chi connectivity index (χ1n) is 6.29. The summed E-state index contributed by atoms with van der Waals surface area (Å²) < 4.78 is 11.1. The SMILES string of the molecule is CCCOc1ccc(OCC(C)(CO)NC)cc1. The van der Waals surface area contributed by atoms with Crippen LogP contribution in [-0.2, 0) is 0 Å². The maximum Gasteiger partial charge on any atom is 0.119 e. The molecule has 4 heteroatoms. The summed E-state index contributed by atoms with van der Waals surface area (Å²) in [6, 6.07) is 7.53. The molecule has 0 aliphatic heterocycles. The number of rotatable bonds is 8. The van der Waals surface area contributed by atoms with Crippen LogP contribution >= 0.6 is 0 Å². The fourth-order valence-electron chi connectivity index (χ4n) is 1.29. The van der Waals surface area contributed by atoms with E-state index in [0.29, 0.717) is 6.61 Å². The molecule has 0 fully saturated rings. The first-order chi connectivity index (χ1) is 8.63. The van der Waals surface area contributed by atoms with Crippen LogP contribution in [0.25, 0.3) is 0 Å². The molecule has 0 saturated carbocycles. The van der Waals surface area contributed by atoms with Crippen molar-refractivity contribution >= 4 is 0 Å². The van der Waals surface area contributed by atoms with E-state index < -0.39 is 5.54 Å². The molecule has 18 heavy (non-hydrogen) atoms. The predicted octanol–water partition coefficient (Wildman–Crippen LogP) is 1.82. The number of benzene rings is 1. The summed E-state index contributed by atoms with van der Waals surface area (Å²) in [5.74, 6) is 1.62. The van der Waals surface area contributed by atoms with Crippen molar-refractivity contribution in [2.45, 2.75) is 25.8 Å². The Labute approximate surface area is 109 Å². The Morgan fingerprint density at radius 3 is 2.17 bits per heavy atom. The molecule has 4 nitrogen and oxygen atoms in total. The number of likely N-dealkylation sites (N-methyl/N-ethyl adjacent to an activating group) is 1. The van der Waals surface area contributed by atoms with E-state index in [1.165, 1.54) is 0 Å². The smallest absolute Gasteiger partial charge is 0.119 e. The standard InChI is InChI=1S/C14H23NO3/c1-4-9-17-12-5-7-13(8-6-12)18-11-14(2,10-16)15-3/h5-8,15-16H,4,9-11H2,1-3H3. The maximum atomic E-state index is 9.24. The van der Waals surface area contributed by atoms with E-state index in [1.54, 1.807) is 7.05 Å². The second-order valence-electron chi connectivity index (χ2n) is 4.58. The molecular weight excluding hydrogens is 230 g/mol. The van der Waals surface area contributed by atoms with E-state index in [0.717, 1.165) is 24.5 Å². The molecule has 0 aromatic heterocycles. The topological polar surface area (TPSA) is 50.7 Å². The number of ether oxygens (including phenoxy) is 2. The molecule has 1 atom stereocenters. The van der Waals surface area contributed by atoms with Crippen molar-refractivity contribution in [2.75, 3.05) is 26.9 Å². The average Bonchev–Trinajstić information content (AvgIpc) is 2.43. The minimum absolute atomic E-state index is 0.0290. The van der Waals surface area contributed by atoms with Crippen LogP contribution in [0.5, 0.6) is 11.5 Å². The largest absolute Gasteiger partial charge is 0.494 e. The van der Waals surface area contributed by atoms with Crippen LogP contribution in [0.15, 0.2) is 24.3 Å².